The molecule has 2 atom stereocenters. The summed E-state index contributed by atoms with van der Waals surface area (Å²) in [6, 6.07) is 2.83. The van der Waals surface area contributed by atoms with Crippen LogP contribution in [0.1, 0.15) is 32.3 Å². The average Bonchev–Trinajstić information content (AvgIpc) is 2.98. The highest BCUT2D eigenvalue weighted by Crippen LogP contribution is 2.43. The van der Waals surface area contributed by atoms with E-state index in [1.807, 2.05) is 0 Å². The van der Waals surface area contributed by atoms with Crippen LogP contribution in [0.5, 0.6) is 0 Å². The number of halogens is 1. The first-order valence-corrected chi connectivity index (χ1v) is 11.8. The number of sulfone groups is 1. The zero-order valence-electron chi connectivity index (χ0n) is 18.5. The Balaban J connectivity index is 2.87. The van der Waals surface area contributed by atoms with Crippen molar-refractivity contribution in [3.63, 3.8) is 0 Å². The lowest BCUT2D eigenvalue weighted by atomic mass is 9.79. The zero-order chi connectivity index (χ0) is 25.8. The molecule has 1 aromatic rings. The molecule has 4 amide bonds. The van der Waals surface area contributed by atoms with Crippen LogP contribution in [0.2, 0.25) is 5.02 Å². The summed E-state index contributed by atoms with van der Waals surface area (Å²) in [5.41, 5.74) is 15.2. The SMILES string of the molecule is CC1=C(C(c2ccc(Cl)cc2)C(/C(C)=N/NC(N)=O)/C(C)=N/NC(N)=O)S(=O)(=O)CC1[N+](=O)[O-]. The van der Waals surface area contributed by atoms with Gasteiger partial charge in [0, 0.05) is 32.9 Å². The lowest BCUT2D eigenvalue weighted by molar-refractivity contribution is -0.505. The number of rotatable bonds is 8. The Labute approximate surface area is 200 Å². The van der Waals surface area contributed by atoms with E-state index in [0.717, 1.165) is 0 Å². The van der Waals surface area contributed by atoms with Crippen molar-refractivity contribution in [2.24, 2.45) is 27.6 Å². The van der Waals surface area contributed by atoms with E-state index >= 15 is 0 Å². The molecule has 0 spiro atoms. The molecule has 1 aliphatic rings. The van der Waals surface area contributed by atoms with Gasteiger partial charge < -0.3 is 11.5 Å². The molecule has 0 saturated carbocycles. The summed E-state index contributed by atoms with van der Waals surface area (Å²) in [4.78, 5) is 33.2. The van der Waals surface area contributed by atoms with Gasteiger partial charge >= 0.3 is 12.1 Å². The highest BCUT2D eigenvalue weighted by atomic mass is 35.5. The Bertz CT molecular complexity index is 1160. The summed E-state index contributed by atoms with van der Waals surface area (Å²) in [5.74, 6) is -2.77. The number of nitrogens with two attached hydrogens (primary N) is 2. The van der Waals surface area contributed by atoms with Crippen molar-refractivity contribution in [2.45, 2.75) is 32.7 Å². The number of nitro groups is 1. The molecule has 0 saturated heterocycles. The monoisotopic (exact) mass is 513 g/mol. The summed E-state index contributed by atoms with van der Waals surface area (Å²) in [6.07, 6.45) is 0. The van der Waals surface area contributed by atoms with Gasteiger partial charge in [0.2, 0.25) is 6.04 Å². The van der Waals surface area contributed by atoms with Crippen LogP contribution in [0.15, 0.2) is 44.9 Å². The van der Waals surface area contributed by atoms with E-state index in [4.69, 9.17) is 23.1 Å². The molecule has 15 heteroatoms. The molecule has 0 aliphatic carbocycles. The molecule has 1 heterocycles. The third-order valence-corrected chi connectivity index (χ3v) is 7.54. The molecule has 0 fully saturated rings. The van der Waals surface area contributed by atoms with Crippen molar-refractivity contribution in [3.8, 4) is 0 Å². The maximum atomic E-state index is 13.2. The molecular weight excluding hydrogens is 490 g/mol. The molecular formula is C19H24ClN7O6S. The lowest BCUT2D eigenvalue weighted by Gasteiger charge is -2.29. The minimum absolute atomic E-state index is 0.0567. The van der Waals surface area contributed by atoms with E-state index in [9.17, 15) is 28.1 Å². The van der Waals surface area contributed by atoms with E-state index in [0.29, 0.717) is 10.6 Å². The van der Waals surface area contributed by atoms with Crippen molar-refractivity contribution in [1.82, 2.24) is 10.9 Å². The van der Waals surface area contributed by atoms with E-state index < -0.39 is 50.5 Å². The first-order chi connectivity index (χ1) is 15.8. The topological polar surface area (TPSA) is 212 Å². The number of amides is 4. The van der Waals surface area contributed by atoms with Crippen molar-refractivity contribution < 1.29 is 22.9 Å². The molecule has 0 radical (unpaired) electrons. The fraction of sp³-hybridized carbons (Fsp3) is 0.368. The summed E-state index contributed by atoms with van der Waals surface area (Å²) in [5, 5.41) is 19.8. The van der Waals surface area contributed by atoms with E-state index in [1.165, 1.54) is 32.9 Å². The van der Waals surface area contributed by atoms with Gasteiger partial charge in [-0.05, 0) is 38.5 Å². The van der Waals surface area contributed by atoms with Crippen molar-refractivity contribution in [1.29, 1.82) is 0 Å². The predicted octanol–water partition coefficient (Wildman–Crippen LogP) is 1.48. The van der Waals surface area contributed by atoms with Crippen LogP contribution in [-0.2, 0) is 9.84 Å². The van der Waals surface area contributed by atoms with Crippen molar-refractivity contribution in [2.75, 3.05) is 5.75 Å². The van der Waals surface area contributed by atoms with Crippen molar-refractivity contribution >= 4 is 44.9 Å². The number of hydrogen-bond acceptors (Lipinski definition) is 8. The predicted molar refractivity (Wildman–Crippen MR) is 127 cm³/mol. The van der Waals surface area contributed by atoms with Crippen LogP contribution < -0.4 is 22.3 Å². The molecule has 6 N–H and O–H groups in total. The Morgan fingerprint density at radius 1 is 1.12 bits per heavy atom. The molecule has 184 valence electrons. The number of carbonyl (C=O) groups is 2. The Morgan fingerprint density at radius 3 is 1.97 bits per heavy atom. The molecule has 13 nitrogen and oxygen atoms in total. The summed E-state index contributed by atoms with van der Waals surface area (Å²) in [6.45, 7) is 4.35. The second-order valence-corrected chi connectivity index (χ2v) is 10.0. The van der Waals surface area contributed by atoms with Crippen LogP contribution in [-0.4, -0.2) is 48.6 Å². The second-order valence-electron chi connectivity index (χ2n) is 7.60. The van der Waals surface area contributed by atoms with Crippen LogP contribution in [0.3, 0.4) is 0 Å². The van der Waals surface area contributed by atoms with Gasteiger partial charge in [-0.3, -0.25) is 10.1 Å². The normalized spacial score (nSPS) is 19.1. The Kier molecular flexibility index (Phi) is 8.34. The van der Waals surface area contributed by atoms with Gasteiger partial charge in [0.1, 0.15) is 5.75 Å². The van der Waals surface area contributed by atoms with E-state index in [2.05, 4.69) is 21.1 Å². The fourth-order valence-corrected chi connectivity index (χ4v) is 6.24. The smallest absolute Gasteiger partial charge is 0.332 e. The highest BCUT2D eigenvalue weighted by molar-refractivity contribution is 7.95. The summed E-state index contributed by atoms with van der Waals surface area (Å²) in [7, 11) is -4.09. The molecule has 1 aromatic carbocycles. The third kappa shape index (κ3) is 6.08. The van der Waals surface area contributed by atoms with Gasteiger partial charge in [0.25, 0.3) is 0 Å². The second kappa shape index (κ2) is 10.6. The molecule has 34 heavy (non-hydrogen) atoms. The van der Waals surface area contributed by atoms with Gasteiger partial charge in [-0.1, -0.05) is 23.7 Å². The minimum atomic E-state index is -4.09. The number of primary amides is 2. The fourth-order valence-electron chi connectivity index (χ4n) is 3.87. The van der Waals surface area contributed by atoms with Gasteiger partial charge in [-0.25, -0.2) is 28.9 Å². The average molecular weight is 514 g/mol. The van der Waals surface area contributed by atoms with Gasteiger partial charge in [0.05, 0.1) is 10.8 Å². The maximum absolute atomic E-state index is 13.2. The zero-order valence-corrected chi connectivity index (χ0v) is 20.1. The number of hydrogen-bond donors (Lipinski definition) is 4. The number of allylic oxidation sites excluding steroid dienone is 1. The number of nitrogens with one attached hydrogen (secondary N) is 2. The first-order valence-electron chi connectivity index (χ1n) is 9.77. The van der Waals surface area contributed by atoms with Crippen LogP contribution in [0.25, 0.3) is 0 Å². The Morgan fingerprint density at radius 2 is 1.59 bits per heavy atom. The molecule has 0 aromatic heterocycles. The molecule has 2 rings (SSSR count). The van der Waals surface area contributed by atoms with Gasteiger partial charge in [-0.2, -0.15) is 10.2 Å². The number of hydrazone groups is 2. The van der Waals surface area contributed by atoms with Gasteiger partial charge in [-0.15, -0.1) is 0 Å². The third-order valence-electron chi connectivity index (χ3n) is 5.29. The van der Waals surface area contributed by atoms with Crippen LogP contribution in [0.4, 0.5) is 9.59 Å². The number of benzene rings is 1. The minimum Gasteiger partial charge on any atom is -0.350 e. The van der Waals surface area contributed by atoms with E-state index in [-0.39, 0.29) is 21.9 Å². The number of urea groups is 2. The molecule has 1 aliphatic heterocycles. The molecule has 0 bridgehead atoms. The van der Waals surface area contributed by atoms with E-state index in [1.54, 1.807) is 12.1 Å². The number of carbonyl (C=O) groups excluding carboxylic acids is 2. The lowest BCUT2D eigenvalue weighted by Crippen LogP contribution is -2.35. The quantitative estimate of drug-likeness (QED) is 0.229. The van der Waals surface area contributed by atoms with Crippen LogP contribution in [0, 0.1) is 16.0 Å². The maximum Gasteiger partial charge on any atom is 0.332 e. The summed E-state index contributed by atoms with van der Waals surface area (Å²) >= 11 is 6.01. The van der Waals surface area contributed by atoms with Crippen LogP contribution >= 0.6 is 11.6 Å². The first kappa shape index (κ1) is 26.7. The summed E-state index contributed by atoms with van der Waals surface area (Å²) < 4.78 is 26.4. The standard InChI is InChI=1S/C19H24ClN7O6S/c1-9-14(27(30)31)8-34(32,33)17(9)16(12-4-6-13(20)7-5-12)15(10(2)23-25-18(21)28)11(3)24-26-19(22)29/h4-7,14-16H,8H2,1-3H3,(H3,21,25,28)(H3,22,26,29)/b23-10+,24-11+. The largest absolute Gasteiger partial charge is 0.350 e. The Hall–Kier alpha value is -3.52. The highest BCUT2D eigenvalue weighted by Gasteiger charge is 2.48. The number of nitrogens with zero attached hydrogens (tertiary/aromatic N) is 3. The van der Waals surface area contributed by atoms with Gasteiger partial charge in [0.15, 0.2) is 9.84 Å². The molecule has 2 unspecified atom stereocenters. The van der Waals surface area contributed by atoms with Crippen molar-refractivity contribution in [3.05, 3.63) is 55.4 Å².